The molecular formula is C22H27F2N3O2. The molecule has 0 atom stereocenters. The maximum atomic E-state index is 12.1. The lowest BCUT2D eigenvalue weighted by atomic mass is 10.1. The third-order valence-electron chi connectivity index (χ3n) is 4.93. The van der Waals surface area contributed by atoms with Gasteiger partial charge < -0.3 is 15.4 Å². The van der Waals surface area contributed by atoms with E-state index < -0.39 is 6.61 Å². The SMILES string of the molecule is O=C(NCCc1ccc(OC(F)F)cc1)NCc1ccc(CN2CCCC2)cc1. The lowest BCUT2D eigenvalue weighted by Gasteiger charge is -2.14. The van der Waals surface area contributed by atoms with Crippen LogP contribution in [0.5, 0.6) is 5.75 Å². The first-order valence-electron chi connectivity index (χ1n) is 9.94. The molecule has 5 nitrogen and oxygen atoms in total. The highest BCUT2D eigenvalue weighted by atomic mass is 19.3. The van der Waals surface area contributed by atoms with E-state index in [1.54, 1.807) is 12.1 Å². The molecule has 1 aliphatic rings. The van der Waals surface area contributed by atoms with E-state index in [2.05, 4.69) is 44.5 Å². The number of urea groups is 1. The summed E-state index contributed by atoms with van der Waals surface area (Å²) in [7, 11) is 0. The van der Waals surface area contributed by atoms with E-state index >= 15 is 0 Å². The van der Waals surface area contributed by atoms with E-state index in [4.69, 9.17) is 0 Å². The van der Waals surface area contributed by atoms with Crippen LogP contribution in [0.4, 0.5) is 13.6 Å². The van der Waals surface area contributed by atoms with Gasteiger partial charge in [0.05, 0.1) is 0 Å². The molecule has 1 fully saturated rings. The fraction of sp³-hybridized carbons (Fsp3) is 0.409. The van der Waals surface area contributed by atoms with Gasteiger partial charge in [-0.2, -0.15) is 8.78 Å². The Bertz CT molecular complexity index is 761. The van der Waals surface area contributed by atoms with Crippen LogP contribution >= 0.6 is 0 Å². The summed E-state index contributed by atoms with van der Waals surface area (Å²) >= 11 is 0. The predicted octanol–water partition coefficient (Wildman–Crippen LogP) is 3.93. The number of nitrogens with one attached hydrogen (secondary N) is 2. The molecule has 0 saturated carbocycles. The van der Waals surface area contributed by atoms with Gasteiger partial charge in [0.25, 0.3) is 0 Å². The van der Waals surface area contributed by atoms with E-state index in [1.165, 1.54) is 43.6 Å². The van der Waals surface area contributed by atoms with E-state index in [0.29, 0.717) is 19.5 Å². The van der Waals surface area contributed by atoms with E-state index in [1.807, 2.05) is 0 Å². The highest BCUT2D eigenvalue weighted by Gasteiger charge is 2.11. The van der Waals surface area contributed by atoms with Crippen molar-refractivity contribution in [3.8, 4) is 5.75 Å². The third-order valence-corrected chi connectivity index (χ3v) is 4.93. The maximum absolute atomic E-state index is 12.1. The van der Waals surface area contributed by atoms with Crippen LogP contribution in [0.2, 0.25) is 0 Å². The number of hydrogen-bond donors (Lipinski definition) is 2. The second-order valence-electron chi connectivity index (χ2n) is 7.18. The highest BCUT2D eigenvalue weighted by Crippen LogP contribution is 2.15. The third kappa shape index (κ3) is 7.34. The van der Waals surface area contributed by atoms with E-state index in [0.717, 1.165) is 17.7 Å². The van der Waals surface area contributed by atoms with Crippen LogP contribution in [0.15, 0.2) is 48.5 Å². The van der Waals surface area contributed by atoms with Crippen molar-refractivity contribution in [2.24, 2.45) is 0 Å². The molecule has 1 aliphatic heterocycles. The fourth-order valence-electron chi connectivity index (χ4n) is 3.36. The molecule has 3 rings (SSSR count). The van der Waals surface area contributed by atoms with Crippen molar-refractivity contribution in [2.45, 2.75) is 39.0 Å². The molecule has 1 heterocycles. The van der Waals surface area contributed by atoms with Gasteiger partial charge >= 0.3 is 12.6 Å². The van der Waals surface area contributed by atoms with Crippen molar-refractivity contribution in [2.75, 3.05) is 19.6 Å². The average Bonchev–Trinajstić information content (AvgIpc) is 3.21. The zero-order chi connectivity index (χ0) is 20.5. The number of benzene rings is 2. The highest BCUT2D eigenvalue weighted by molar-refractivity contribution is 5.73. The second kappa shape index (κ2) is 10.8. The summed E-state index contributed by atoms with van der Waals surface area (Å²) in [6, 6.07) is 14.5. The second-order valence-corrected chi connectivity index (χ2v) is 7.18. The molecule has 0 spiro atoms. The van der Waals surface area contributed by atoms with Gasteiger partial charge in [0.15, 0.2) is 0 Å². The number of carbonyl (C=O) groups excluding carboxylic acids is 1. The molecule has 2 N–H and O–H groups in total. The Hall–Kier alpha value is -2.67. The molecular weight excluding hydrogens is 376 g/mol. The van der Waals surface area contributed by atoms with Crippen LogP contribution in [-0.2, 0) is 19.5 Å². The molecule has 156 valence electrons. The number of carbonyl (C=O) groups is 1. The Morgan fingerprint density at radius 2 is 1.55 bits per heavy atom. The molecule has 0 unspecified atom stereocenters. The van der Waals surface area contributed by atoms with E-state index in [-0.39, 0.29) is 11.8 Å². The lowest BCUT2D eigenvalue weighted by molar-refractivity contribution is -0.0498. The van der Waals surface area contributed by atoms with Crippen molar-refractivity contribution in [1.82, 2.24) is 15.5 Å². The van der Waals surface area contributed by atoms with Gasteiger partial charge in [-0.1, -0.05) is 36.4 Å². The van der Waals surface area contributed by atoms with Gasteiger partial charge in [-0.25, -0.2) is 4.79 Å². The Morgan fingerprint density at radius 3 is 2.21 bits per heavy atom. The molecule has 0 aromatic heterocycles. The summed E-state index contributed by atoms with van der Waals surface area (Å²) < 4.78 is 28.6. The smallest absolute Gasteiger partial charge is 0.387 e. The van der Waals surface area contributed by atoms with Crippen LogP contribution in [0.3, 0.4) is 0 Å². The Morgan fingerprint density at radius 1 is 0.931 bits per heavy atom. The molecule has 2 aromatic carbocycles. The zero-order valence-corrected chi connectivity index (χ0v) is 16.4. The maximum Gasteiger partial charge on any atom is 0.387 e. The minimum atomic E-state index is -2.83. The van der Waals surface area contributed by atoms with Crippen molar-refractivity contribution in [3.63, 3.8) is 0 Å². The van der Waals surface area contributed by atoms with Crippen LogP contribution in [-0.4, -0.2) is 37.2 Å². The first-order chi connectivity index (χ1) is 14.1. The standard InChI is InChI=1S/C22H27F2N3O2/c23-21(24)29-20-9-7-17(8-10-20)11-12-25-22(28)26-15-18-3-5-19(6-4-18)16-27-13-1-2-14-27/h3-10,21H,1-2,11-16H2,(H2,25,26,28). The molecule has 7 heteroatoms. The Balaban J connectivity index is 1.33. The van der Waals surface area contributed by atoms with Gasteiger partial charge in [0.2, 0.25) is 0 Å². The van der Waals surface area contributed by atoms with Crippen LogP contribution < -0.4 is 15.4 Å². The minimum absolute atomic E-state index is 0.126. The average molecular weight is 403 g/mol. The van der Waals surface area contributed by atoms with E-state index in [9.17, 15) is 13.6 Å². The van der Waals surface area contributed by atoms with Gasteiger partial charge in [0, 0.05) is 19.6 Å². The van der Waals surface area contributed by atoms with Crippen LogP contribution in [0.25, 0.3) is 0 Å². The number of halogens is 2. The minimum Gasteiger partial charge on any atom is -0.435 e. The van der Waals surface area contributed by atoms with Gasteiger partial charge in [0.1, 0.15) is 5.75 Å². The van der Waals surface area contributed by atoms with Crippen molar-refractivity contribution in [1.29, 1.82) is 0 Å². The molecule has 0 radical (unpaired) electrons. The summed E-state index contributed by atoms with van der Waals surface area (Å²) in [6.07, 6.45) is 3.18. The summed E-state index contributed by atoms with van der Waals surface area (Å²) in [4.78, 5) is 14.4. The summed E-state index contributed by atoms with van der Waals surface area (Å²) in [5.41, 5.74) is 3.28. The van der Waals surface area contributed by atoms with Crippen LogP contribution in [0, 0.1) is 0 Å². The molecule has 1 saturated heterocycles. The van der Waals surface area contributed by atoms with Gasteiger partial charge in [-0.15, -0.1) is 0 Å². The largest absolute Gasteiger partial charge is 0.435 e. The number of amides is 2. The first kappa shape index (κ1) is 21.0. The van der Waals surface area contributed by atoms with Gasteiger partial charge in [-0.3, -0.25) is 4.90 Å². The first-order valence-corrected chi connectivity index (χ1v) is 9.94. The normalized spacial score (nSPS) is 14.2. The number of likely N-dealkylation sites (tertiary alicyclic amines) is 1. The molecule has 29 heavy (non-hydrogen) atoms. The summed E-state index contributed by atoms with van der Waals surface area (Å²) in [6.45, 7) is 1.44. The fourth-order valence-corrected chi connectivity index (χ4v) is 3.36. The van der Waals surface area contributed by atoms with Crippen LogP contribution in [0.1, 0.15) is 29.5 Å². The zero-order valence-electron chi connectivity index (χ0n) is 16.4. The molecule has 0 aliphatic carbocycles. The Kier molecular flexibility index (Phi) is 7.81. The number of rotatable bonds is 9. The number of hydrogen-bond acceptors (Lipinski definition) is 3. The Labute approximate surface area is 170 Å². The quantitative estimate of drug-likeness (QED) is 0.667. The summed E-state index contributed by atoms with van der Waals surface area (Å²) in [5.74, 6) is 0.126. The lowest BCUT2D eigenvalue weighted by Crippen LogP contribution is -2.36. The topological polar surface area (TPSA) is 53.6 Å². The van der Waals surface area contributed by atoms with Gasteiger partial charge in [-0.05, 0) is 61.2 Å². The summed E-state index contributed by atoms with van der Waals surface area (Å²) in [5, 5.41) is 5.64. The van der Waals surface area contributed by atoms with Crippen molar-refractivity contribution < 1.29 is 18.3 Å². The number of alkyl halides is 2. The van der Waals surface area contributed by atoms with Crippen molar-refractivity contribution >= 4 is 6.03 Å². The molecule has 2 aromatic rings. The van der Waals surface area contributed by atoms with Crippen molar-refractivity contribution in [3.05, 3.63) is 65.2 Å². The predicted molar refractivity (Wildman–Crippen MR) is 108 cm³/mol. The number of nitrogens with zero attached hydrogens (tertiary/aromatic N) is 1. The molecule has 0 bridgehead atoms. The monoisotopic (exact) mass is 403 g/mol. The number of ether oxygens (including phenoxy) is 1. The molecule has 2 amide bonds.